The van der Waals surface area contributed by atoms with Crippen LogP contribution >= 0.6 is 0 Å². The molecule has 0 bridgehead atoms. The van der Waals surface area contributed by atoms with Gasteiger partial charge in [0.15, 0.2) is 6.29 Å². The standard InChI is InChI=1S/C15H22O2/c1-3-16-15(17-4-2)13-9-8-12-14-10-6-5-7-11-14/h5-8,10-12,15H,3-4,9,13H2,1-2H3. The summed E-state index contributed by atoms with van der Waals surface area (Å²) in [5.74, 6) is 0. The summed E-state index contributed by atoms with van der Waals surface area (Å²) in [6.45, 7) is 5.39. The van der Waals surface area contributed by atoms with Crippen LogP contribution in [-0.2, 0) is 9.47 Å². The van der Waals surface area contributed by atoms with E-state index in [0.717, 1.165) is 12.8 Å². The largest absolute Gasteiger partial charge is 0.353 e. The molecular formula is C15H22O2. The molecule has 0 atom stereocenters. The van der Waals surface area contributed by atoms with Crippen molar-refractivity contribution in [3.05, 3.63) is 42.0 Å². The van der Waals surface area contributed by atoms with E-state index in [1.165, 1.54) is 5.56 Å². The van der Waals surface area contributed by atoms with Crippen molar-refractivity contribution in [2.75, 3.05) is 13.2 Å². The molecule has 1 rings (SSSR count). The highest BCUT2D eigenvalue weighted by Gasteiger charge is 2.05. The van der Waals surface area contributed by atoms with E-state index >= 15 is 0 Å². The smallest absolute Gasteiger partial charge is 0.157 e. The monoisotopic (exact) mass is 234 g/mol. The van der Waals surface area contributed by atoms with Crippen molar-refractivity contribution >= 4 is 6.08 Å². The van der Waals surface area contributed by atoms with E-state index in [-0.39, 0.29) is 6.29 Å². The van der Waals surface area contributed by atoms with Gasteiger partial charge in [0, 0.05) is 19.6 Å². The molecule has 0 aromatic heterocycles. The summed E-state index contributed by atoms with van der Waals surface area (Å²) >= 11 is 0. The molecule has 0 spiro atoms. The number of hydrogen-bond donors (Lipinski definition) is 0. The Balaban J connectivity index is 2.28. The normalized spacial score (nSPS) is 11.5. The quantitative estimate of drug-likeness (QED) is 0.635. The second kappa shape index (κ2) is 8.97. The summed E-state index contributed by atoms with van der Waals surface area (Å²) in [6, 6.07) is 10.3. The molecule has 0 radical (unpaired) electrons. The minimum atomic E-state index is -0.0644. The maximum Gasteiger partial charge on any atom is 0.157 e. The molecule has 94 valence electrons. The lowest BCUT2D eigenvalue weighted by molar-refractivity contribution is -0.138. The number of rotatable bonds is 8. The molecule has 0 fully saturated rings. The average molecular weight is 234 g/mol. The van der Waals surface area contributed by atoms with Crippen LogP contribution in [0.4, 0.5) is 0 Å². The van der Waals surface area contributed by atoms with Crippen molar-refractivity contribution in [3.8, 4) is 0 Å². The molecule has 2 heteroatoms. The number of hydrogen-bond acceptors (Lipinski definition) is 2. The molecule has 17 heavy (non-hydrogen) atoms. The Morgan fingerprint density at radius 1 is 1.06 bits per heavy atom. The second-order valence-corrected chi connectivity index (χ2v) is 3.73. The van der Waals surface area contributed by atoms with Crippen molar-refractivity contribution in [2.24, 2.45) is 0 Å². The molecule has 1 aromatic rings. The molecule has 2 nitrogen and oxygen atoms in total. The van der Waals surface area contributed by atoms with Crippen LogP contribution in [-0.4, -0.2) is 19.5 Å². The molecule has 0 saturated heterocycles. The SMILES string of the molecule is CCOC(CCC=Cc1ccccc1)OCC. The third-order valence-electron chi connectivity index (χ3n) is 2.38. The maximum atomic E-state index is 5.48. The van der Waals surface area contributed by atoms with E-state index in [9.17, 15) is 0 Å². The van der Waals surface area contributed by atoms with Crippen LogP contribution in [0.15, 0.2) is 36.4 Å². The second-order valence-electron chi connectivity index (χ2n) is 3.73. The molecule has 0 aliphatic carbocycles. The van der Waals surface area contributed by atoms with E-state index in [4.69, 9.17) is 9.47 Å². The molecule has 0 aliphatic heterocycles. The van der Waals surface area contributed by atoms with Crippen molar-refractivity contribution in [3.63, 3.8) is 0 Å². The number of ether oxygens (including phenoxy) is 2. The first-order valence-corrected chi connectivity index (χ1v) is 6.31. The lowest BCUT2D eigenvalue weighted by Crippen LogP contribution is -2.16. The Kier molecular flexibility index (Phi) is 7.35. The summed E-state index contributed by atoms with van der Waals surface area (Å²) in [4.78, 5) is 0. The van der Waals surface area contributed by atoms with Crippen molar-refractivity contribution < 1.29 is 9.47 Å². The van der Waals surface area contributed by atoms with Gasteiger partial charge < -0.3 is 9.47 Å². The topological polar surface area (TPSA) is 18.5 Å². The molecule has 1 aromatic carbocycles. The Morgan fingerprint density at radius 3 is 2.29 bits per heavy atom. The number of allylic oxidation sites excluding steroid dienone is 1. The third kappa shape index (κ3) is 6.25. The lowest BCUT2D eigenvalue weighted by atomic mass is 10.2. The van der Waals surface area contributed by atoms with Gasteiger partial charge >= 0.3 is 0 Å². The Labute approximate surface area is 104 Å². The molecular weight excluding hydrogens is 212 g/mol. The van der Waals surface area contributed by atoms with Gasteiger partial charge in [0.2, 0.25) is 0 Å². The van der Waals surface area contributed by atoms with Crippen LogP contribution < -0.4 is 0 Å². The van der Waals surface area contributed by atoms with Gasteiger partial charge in [-0.15, -0.1) is 0 Å². The Morgan fingerprint density at radius 2 is 1.71 bits per heavy atom. The fraction of sp³-hybridized carbons (Fsp3) is 0.467. The van der Waals surface area contributed by atoms with Crippen molar-refractivity contribution in [1.82, 2.24) is 0 Å². The summed E-state index contributed by atoms with van der Waals surface area (Å²) in [6.07, 6.45) is 6.12. The van der Waals surface area contributed by atoms with E-state index in [1.807, 2.05) is 32.0 Å². The van der Waals surface area contributed by atoms with Crippen LogP contribution in [0.2, 0.25) is 0 Å². The zero-order valence-corrected chi connectivity index (χ0v) is 10.8. The highest BCUT2D eigenvalue weighted by molar-refractivity contribution is 5.48. The molecule has 0 N–H and O–H groups in total. The lowest BCUT2D eigenvalue weighted by Gasteiger charge is -2.15. The summed E-state index contributed by atoms with van der Waals surface area (Å²) in [5.41, 5.74) is 1.23. The van der Waals surface area contributed by atoms with E-state index < -0.39 is 0 Å². The molecule has 0 unspecified atom stereocenters. The van der Waals surface area contributed by atoms with Gasteiger partial charge in [0.05, 0.1) is 0 Å². The first kappa shape index (κ1) is 13.9. The summed E-state index contributed by atoms with van der Waals surface area (Å²) < 4.78 is 11.0. The van der Waals surface area contributed by atoms with E-state index in [2.05, 4.69) is 24.3 Å². The summed E-state index contributed by atoms with van der Waals surface area (Å²) in [5, 5.41) is 0. The molecule has 0 aliphatic rings. The number of benzene rings is 1. The van der Waals surface area contributed by atoms with Crippen LogP contribution in [0, 0.1) is 0 Å². The summed E-state index contributed by atoms with van der Waals surface area (Å²) in [7, 11) is 0. The fourth-order valence-electron chi connectivity index (χ4n) is 1.60. The van der Waals surface area contributed by atoms with E-state index in [0.29, 0.717) is 13.2 Å². The van der Waals surface area contributed by atoms with Gasteiger partial charge in [-0.25, -0.2) is 0 Å². The van der Waals surface area contributed by atoms with Gasteiger partial charge in [-0.3, -0.25) is 0 Å². The third-order valence-corrected chi connectivity index (χ3v) is 2.38. The highest BCUT2D eigenvalue weighted by Crippen LogP contribution is 2.07. The molecule has 0 heterocycles. The zero-order chi connectivity index (χ0) is 12.3. The Bertz CT molecular complexity index is 300. The van der Waals surface area contributed by atoms with Crippen LogP contribution in [0.5, 0.6) is 0 Å². The van der Waals surface area contributed by atoms with Gasteiger partial charge in [-0.1, -0.05) is 42.5 Å². The Hall–Kier alpha value is -1.12. The van der Waals surface area contributed by atoms with Crippen molar-refractivity contribution in [1.29, 1.82) is 0 Å². The average Bonchev–Trinajstić information content (AvgIpc) is 2.36. The maximum absolute atomic E-state index is 5.48. The van der Waals surface area contributed by atoms with Gasteiger partial charge in [0.25, 0.3) is 0 Å². The van der Waals surface area contributed by atoms with E-state index in [1.54, 1.807) is 0 Å². The molecule has 0 amide bonds. The van der Waals surface area contributed by atoms with Crippen LogP contribution in [0.1, 0.15) is 32.3 Å². The van der Waals surface area contributed by atoms with Gasteiger partial charge in [-0.2, -0.15) is 0 Å². The predicted molar refractivity (Wildman–Crippen MR) is 71.8 cm³/mol. The minimum Gasteiger partial charge on any atom is -0.353 e. The highest BCUT2D eigenvalue weighted by atomic mass is 16.7. The minimum absolute atomic E-state index is 0.0644. The predicted octanol–water partition coefficient (Wildman–Crippen LogP) is 3.88. The fourth-order valence-corrected chi connectivity index (χ4v) is 1.60. The van der Waals surface area contributed by atoms with Gasteiger partial charge in [0.1, 0.15) is 0 Å². The van der Waals surface area contributed by atoms with Crippen molar-refractivity contribution in [2.45, 2.75) is 33.0 Å². The van der Waals surface area contributed by atoms with Gasteiger partial charge in [-0.05, 0) is 25.8 Å². The zero-order valence-electron chi connectivity index (χ0n) is 10.8. The molecule has 0 saturated carbocycles. The first-order valence-electron chi connectivity index (χ1n) is 6.31. The van der Waals surface area contributed by atoms with Crippen LogP contribution in [0.25, 0.3) is 6.08 Å². The van der Waals surface area contributed by atoms with Crippen LogP contribution in [0.3, 0.4) is 0 Å². The first-order chi connectivity index (χ1) is 8.36.